The predicted octanol–water partition coefficient (Wildman–Crippen LogP) is 2.51. The Morgan fingerprint density at radius 2 is 2.11 bits per heavy atom. The zero-order valence-corrected chi connectivity index (χ0v) is 11.1. The van der Waals surface area contributed by atoms with Gasteiger partial charge in [0.25, 0.3) is 0 Å². The number of rotatable bonds is 4. The standard InChI is InChI=1S/C14H19N3O/c1-10-6-16-13(11(2)14(10)15)8-17(3)7-12-4-5-18-9-12/h4-6,9H,7-8H2,1-3H3,(H2,15,16). The zero-order valence-electron chi connectivity index (χ0n) is 11.1. The molecule has 2 heterocycles. The van der Waals surface area contributed by atoms with E-state index in [-0.39, 0.29) is 0 Å². The van der Waals surface area contributed by atoms with E-state index in [9.17, 15) is 0 Å². The average molecular weight is 245 g/mol. The number of furan rings is 1. The Kier molecular flexibility index (Phi) is 3.67. The van der Waals surface area contributed by atoms with Crippen molar-refractivity contribution >= 4 is 5.69 Å². The largest absolute Gasteiger partial charge is 0.472 e. The summed E-state index contributed by atoms with van der Waals surface area (Å²) in [6, 6.07) is 1.97. The number of pyridine rings is 1. The first-order chi connectivity index (χ1) is 8.58. The van der Waals surface area contributed by atoms with E-state index in [1.807, 2.05) is 26.1 Å². The summed E-state index contributed by atoms with van der Waals surface area (Å²) >= 11 is 0. The molecule has 0 fully saturated rings. The molecule has 0 spiro atoms. The van der Waals surface area contributed by atoms with Gasteiger partial charge in [-0.3, -0.25) is 9.88 Å². The molecule has 0 amide bonds. The van der Waals surface area contributed by atoms with Gasteiger partial charge in [0.15, 0.2) is 0 Å². The fourth-order valence-electron chi connectivity index (χ4n) is 1.96. The Labute approximate surface area is 107 Å². The molecule has 0 aliphatic rings. The average Bonchev–Trinajstić information content (AvgIpc) is 2.83. The quantitative estimate of drug-likeness (QED) is 0.899. The van der Waals surface area contributed by atoms with E-state index in [4.69, 9.17) is 10.2 Å². The topological polar surface area (TPSA) is 55.3 Å². The normalized spacial score (nSPS) is 11.1. The van der Waals surface area contributed by atoms with Crippen LogP contribution in [0.2, 0.25) is 0 Å². The molecule has 2 aromatic rings. The molecule has 2 N–H and O–H groups in total. The molecule has 0 atom stereocenters. The van der Waals surface area contributed by atoms with E-state index < -0.39 is 0 Å². The molecule has 4 nitrogen and oxygen atoms in total. The van der Waals surface area contributed by atoms with Crippen molar-refractivity contribution in [2.24, 2.45) is 0 Å². The maximum atomic E-state index is 6.02. The summed E-state index contributed by atoms with van der Waals surface area (Å²) in [6.45, 7) is 5.62. The van der Waals surface area contributed by atoms with Crippen LogP contribution >= 0.6 is 0 Å². The number of nitrogens with zero attached hydrogens (tertiary/aromatic N) is 2. The molecule has 0 aromatic carbocycles. The summed E-state index contributed by atoms with van der Waals surface area (Å²) in [4.78, 5) is 6.65. The number of anilines is 1. The number of nitrogens with two attached hydrogens (primary N) is 1. The van der Waals surface area contributed by atoms with E-state index in [1.54, 1.807) is 12.5 Å². The van der Waals surface area contributed by atoms with E-state index in [1.165, 1.54) is 0 Å². The lowest BCUT2D eigenvalue weighted by Crippen LogP contribution is -2.19. The number of hydrogen-bond acceptors (Lipinski definition) is 4. The second kappa shape index (κ2) is 5.23. The Morgan fingerprint density at radius 3 is 2.78 bits per heavy atom. The first-order valence-electron chi connectivity index (χ1n) is 5.98. The number of aromatic nitrogens is 1. The molecule has 0 bridgehead atoms. The maximum absolute atomic E-state index is 6.02. The minimum Gasteiger partial charge on any atom is -0.472 e. The summed E-state index contributed by atoms with van der Waals surface area (Å²) in [7, 11) is 2.06. The number of nitrogen functional groups attached to an aromatic ring is 1. The highest BCUT2D eigenvalue weighted by molar-refractivity contribution is 5.53. The van der Waals surface area contributed by atoms with Gasteiger partial charge in [0.1, 0.15) is 0 Å². The van der Waals surface area contributed by atoms with Gasteiger partial charge in [-0.25, -0.2) is 0 Å². The molecular weight excluding hydrogens is 226 g/mol. The van der Waals surface area contributed by atoms with Crippen LogP contribution in [0.1, 0.15) is 22.4 Å². The highest BCUT2D eigenvalue weighted by Gasteiger charge is 2.09. The molecule has 4 heteroatoms. The molecule has 0 aliphatic heterocycles. The van der Waals surface area contributed by atoms with Crippen molar-refractivity contribution in [2.75, 3.05) is 12.8 Å². The van der Waals surface area contributed by atoms with Crippen LogP contribution in [0.4, 0.5) is 5.69 Å². The molecular formula is C14H19N3O. The first kappa shape index (κ1) is 12.6. The van der Waals surface area contributed by atoms with E-state index in [0.29, 0.717) is 0 Å². The molecule has 18 heavy (non-hydrogen) atoms. The third-order valence-corrected chi connectivity index (χ3v) is 3.13. The van der Waals surface area contributed by atoms with Crippen LogP contribution < -0.4 is 5.73 Å². The van der Waals surface area contributed by atoms with Crippen molar-refractivity contribution in [1.82, 2.24) is 9.88 Å². The van der Waals surface area contributed by atoms with Crippen molar-refractivity contribution in [2.45, 2.75) is 26.9 Å². The summed E-state index contributed by atoms with van der Waals surface area (Å²) in [5, 5.41) is 0. The molecule has 0 unspecified atom stereocenters. The SMILES string of the molecule is Cc1cnc(CN(C)Cc2ccoc2)c(C)c1N. The summed E-state index contributed by atoms with van der Waals surface area (Å²) in [5.74, 6) is 0. The lowest BCUT2D eigenvalue weighted by atomic mass is 10.1. The van der Waals surface area contributed by atoms with E-state index in [2.05, 4.69) is 16.9 Å². The minimum atomic E-state index is 0.779. The highest BCUT2D eigenvalue weighted by atomic mass is 16.3. The second-order valence-corrected chi connectivity index (χ2v) is 4.73. The molecule has 2 aromatic heterocycles. The van der Waals surface area contributed by atoms with Gasteiger partial charge in [-0.15, -0.1) is 0 Å². The lowest BCUT2D eigenvalue weighted by Gasteiger charge is -2.17. The van der Waals surface area contributed by atoms with Crippen molar-refractivity contribution in [3.05, 3.63) is 47.2 Å². The molecule has 0 radical (unpaired) electrons. The Bertz CT molecular complexity index is 520. The van der Waals surface area contributed by atoms with Gasteiger partial charge in [0.05, 0.1) is 18.2 Å². The fourth-order valence-corrected chi connectivity index (χ4v) is 1.96. The fraction of sp³-hybridized carbons (Fsp3) is 0.357. The Hall–Kier alpha value is -1.81. The Morgan fingerprint density at radius 1 is 1.33 bits per heavy atom. The van der Waals surface area contributed by atoms with Crippen LogP contribution in [0.5, 0.6) is 0 Å². The number of aryl methyl sites for hydroxylation is 1. The van der Waals surface area contributed by atoms with E-state index >= 15 is 0 Å². The zero-order chi connectivity index (χ0) is 13.1. The first-order valence-corrected chi connectivity index (χ1v) is 5.98. The number of hydrogen-bond donors (Lipinski definition) is 1. The third kappa shape index (κ3) is 2.71. The van der Waals surface area contributed by atoms with Crippen LogP contribution in [0.25, 0.3) is 0 Å². The van der Waals surface area contributed by atoms with Gasteiger partial charge in [-0.2, -0.15) is 0 Å². The molecule has 0 saturated heterocycles. The molecule has 0 aliphatic carbocycles. The smallest absolute Gasteiger partial charge is 0.0947 e. The lowest BCUT2D eigenvalue weighted by molar-refractivity contribution is 0.313. The second-order valence-electron chi connectivity index (χ2n) is 4.73. The molecule has 2 rings (SSSR count). The van der Waals surface area contributed by atoms with Crippen LogP contribution in [0, 0.1) is 13.8 Å². The van der Waals surface area contributed by atoms with Crippen LogP contribution in [-0.2, 0) is 13.1 Å². The predicted molar refractivity (Wildman–Crippen MR) is 72.0 cm³/mol. The third-order valence-electron chi connectivity index (χ3n) is 3.13. The van der Waals surface area contributed by atoms with Gasteiger partial charge >= 0.3 is 0 Å². The van der Waals surface area contributed by atoms with Crippen molar-refractivity contribution in [3.8, 4) is 0 Å². The summed E-state index contributed by atoms with van der Waals surface area (Å²) in [5.41, 5.74) is 11.2. The Balaban J connectivity index is 2.07. The van der Waals surface area contributed by atoms with Crippen molar-refractivity contribution in [3.63, 3.8) is 0 Å². The van der Waals surface area contributed by atoms with Gasteiger partial charge < -0.3 is 10.2 Å². The molecule has 0 saturated carbocycles. The summed E-state index contributed by atoms with van der Waals surface area (Å²) < 4.78 is 5.06. The van der Waals surface area contributed by atoms with Gasteiger partial charge in [0.2, 0.25) is 0 Å². The monoisotopic (exact) mass is 245 g/mol. The van der Waals surface area contributed by atoms with Crippen molar-refractivity contribution < 1.29 is 4.42 Å². The minimum absolute atomic E-state index is 0.779. The van der Waals surface area contributed by atoms with Gasteiger partial charge in [-0.05, 0) is 38.1 Å². The van der Waals surface area contributed by atoms with Crippen molar-refractivity contribution in [1.29, 1.82) is 0 Å². The van der Waals surface area contributed by atoms with Gasteiger partial charge in [0, 0.05) is 30.5 Å². The van der Waals surface area contributed by atoms with Crippen LogP contribution in [0.3, 0.4) is 0 Å². The van der Waals surface area contributed by atoms with Gasteiger partial charge in [-0.1, -0.05) is 0 Å². The van der Waals surface area contributed by atoms with Crippen LogP contribution in [0.15, 0.2) is 29.2 Å². The highest BCUT2D eigenvalue weighted by Crippen LogP contribution is 2.19. The van der Waals surface area contributed by atoms with E-state index in [0.717, 1.165) is 41.2 Å². The van der Waals surface area contributed by atoms with Crippen LogP contribution in [-0.4, -0.2) is 16.9 Å². The summed E-state index contributed by atoms with van der Waals surface area (Å²) in [6.07, 6.45) is 5.29. The molecule has 96 valence electrons. The maximum Gasteiger partial charge on any atom is 0.0947 e.